The van der Waals surface area contributed by atoms with E-state index in [4.69, 9.17) is 11.6 Å². The molecule has 22 heavy (non-hydrogen) atoms. The van der Waals surface area contributed by atoms with Crippen LogP contribution >= 0.6 is 23.4 Å². The number of amides is 1. The number of hydrogen-bond donors (Lipinski definition) is 0. The van der Waals surface area contributed by atoms with Gasteiger partial charge in [-0.15, -0.1) is 0 Å². The van der Waals surface area contributed by atoms with Gasteiger partial charge >= 0.3 is 0 Å². The lowest BCUT2D eigenvalue weighted by molar-refractivity contribution is 0.0763. The number of hydrogen-bond acceptors (Lipinski definition) is 4. The molecule has 1 aliphatic rings. The van der Waals surface area contributed by atoms with E-state index in [9.17, 15) is 9.59 Å². The van der Waals surface area contributed by atoms with Gasteiger partial charge in [0, 0.05) is 36.2 Å². The SMILES string of the molecule is CCn1nc(C(=O)N2CCSCC2)c(=O)c2cc(Cl)ccc21. The molecule has 3 rings (SSSR count). The number of carbonyl (C=O) groups excluding carboxylic acids is 1. The van der Waals surface area contributed by atoms with E-state index in [2.05, 4.69) is 5.10 Å². The normalized spacial score (nSPS) is 15.3. The highest BCUT2D eigenvalue weighted by molar-refractivity contribution is 7.99. The summed E-state index contributed by atoms with van der Waals surface area (Å²) in [5, 5.41) is 5.21. The molecule has 1 saturated heterocycles. The number of carbonyl (C=O) groups is 1. The van der Waals surface area contributed by atoms with Crippen LogP contribution in [0.15, 0.2) is 23.0 Å². The fourth-order valence-electron chi connectivity index (χ4n) is 2.56. The molecule has 1 amide bonds. The molecule has 1 aromatic carbocycles. The number of thioether (sulfide) groups is 1. The second-order valence-electron chi connectivity index (χ2n) is 5.06. The lowest BCUT2D eigenvalue weighted by Gasteiger charge is -2.26. The molecule has 0 aliphatic carbocycles. The summed E-state index contributed by atoms with van der Waals surface area (Å²) in [4.78, 5) is 27.0. The quantitative estimate of drug-likeness (QED) is 0.843. The first-order chi connectivity index (χ1) is 10.6. The highest BCUT2D eigenvalue weighted by Gasteiger charge is 2.24. The first-order valence-electron chi connectivity index (χ1n) is 7.19. The van der Waals surface area contributed by atoms with Gasteiger partial charge in [-0.3, -0.25) is 14.3 Å². The molecule has 2 aromatic rings. The van der Waals surface area contributed by atoms with Crippen LogP contribution in [0.1, 0.15) is 17.4 Å². The van der Waals surface area contributed by atoms with Crippen molar-refractivity contribution < 1.29 is 4.79 Å². The van der Waals surface area contributed by atoms with Crippen molar-refractivity contribution in [2.45, 2.75) is 13.5 Å². The Morgan fingerprint density at radius 3 is 2.77 bits per heavy atom. The number of benzene rings is 1. The monoisotopic (exact) mass is 337 g/mol. The highest BCUT2D eigenvalue weighted by atomic mass is 35.5. The number of nitrogens with zero attached hydrogens (tertiary/aromatic N) is 3. The van der Waals surface area contributed by atoms with Crippen LogP contribution in [-0.2, 0) is 6.54 Å². The Labute approximate surface area is 137 Å². The van der Waals surface area contributed by atoms with Gasteiger partial charge in [-0.1, -0.05) is 11.6 Å². The van der Waals surface area contributed by atoms with E-state index in [1.807, 2.05) is 18.7 Å². The van der Waals surface area contributed by atoms with Crippen LogP contribution in [0.4, 0.5) is 0 Å². The van der Waals surface area contributed by atoms with Gasteiger partial charge in [0.2, 0.25) is 5.43 Å². The number of rotatable bonds is 2. The molecular formula is C15H16ClN3O2S. The maximum atomic E-state index is 12.6. The maximum absolute atomic E-state index is 12.6. The van der Waals surface area contributed by atoms with Crippen LogP contribution in [0.2, 0.25) is 5.02 Å². The van der Waals surface area contributed by atoms with Crippen molar-refractivity contribution >= 4 is 40.2 Å². The summed E-state index contributed by atoms with van der Waals surface area (Å²) >= 11 is 7.81. The average Bonchev–Trinajstić information content (AvgIpc) is 2.56. The molecule has 0 spiro atoms. The zero-order chi connectivity index (χ0) is 15.7. The van der Waals surface area contributed by atoms with Crippen molar-refractivity contribution in [3.8, 4) is 0 Å². The van der Waals surface area contributed by atoms with Crippen LogP contribution in [0.5, 0.6) is 0 Å². The van der Waals surface area contributed by atoms with E-state index in [1.165, 1.54) is 0 Å². The minimum atomic E-state index is -0.342. The van der Waals surface area contributed by atoms with Gasteiger partial charge in [0.1, 0.15) is 0 Å². The third-order valence-corrected chi connectivity index (χ3v) is 4.90. The minimum absolute atomic E-state index is 0.0106. The summed E-state index contributed by atoms with van der Waals surface area (Å²) in [6.45, 7) is 3.82. The van der Waals surface area contributed by atoms with Crippen molar-refractivity contribution in [2.75, 3.05) is 24.6 Å². The molecule has 0 N–H and O–H groups in total. The maximum Gasteiger partial charge on any atom is 0.278 e. The lowest BCUT2D eigenvalue weighted by Crippen LogP contribution is -2.41. The average molecular weight is 338 g/mol. The Morgan fingerprint density at radius 1 is 1.36 bits per heavy atom. The predicted octanol–water partition coefficient (Wildman–Crippen LogP) is 2.26. The second kappa shape index (κ2) is 6.30. The fraction of sp³-hybridized carbons (Fsp3) is 0.400. The molecule has 7 heteroatoms. The first kappa shape index (κ1) is 15.4. The smallest absolute Gasteiger partial charge is 0.278 e. The Kier molecular flexibility index (Phi) is 4.40. The van der Waals surface area contributed by atoms with Crippen molar-refractivity contribution in [3.63, 3.8) is 0 Å². The zero-order valence-electron chi connectivity index (χ0n) is 12.2. The second-order valence-corrected chi connectivity index (χ2v) is 6.72. The van der Waals surface area contributed by atoms with Crippen LogP contribution in [0.3, 0.4) is 0 Å². The summed E-state index contributed by atoms with van der Waals surface area (Å²) in [6.07, 6.45) is 0. The molecule has 1 aromatic heterocycles. The third-order valence-electron chi connectivity index (χ3n) is 3.72. The number of fused-ring (bicyclic) bond motifs is 1. The van der Waals surface area contributed by atoms with Gasteiger partial charge < -0.3 is 4.90 Å². The molecule has 2 heterocycles. The summed E-state index contributed by atoms with van der Waals surface area (Å²) in [5.74, 6) is 1.51. The van der Waals surface area contributed by atoms with Gasteiger partial charge in [0.15, 0.2) is 5.69 Å². The Hall–Kier alpha value is -1.53. The number of aromatic nitrogens is 2. The van der Waals surface area contributed by atoms with Crippen molar-refractivity contribution in [2.24, 2.45) is 0 Å². The molecule has 0 saturated carbocycles. The van der Waals surface area contributed by atoms with Crippen molar-refractivity contribution in [1.29, 1.82) is 0 Å². The summed E-state index contributed by atoms with van der Waals surface area (Å²) in [5.41, 5.74) is 0.344. The van der Waals surface area contributed by atoms with E-state index in [1.54, 1.807) is 27.8 Å². The number of aryl methyl sites for hydroxylation is 1. The fourth-order valence-corrected chi connectivity index (χ4v) is 3.64. The highest BCUT2D eigenvalue weighted by Crippen LogP contribution is 2.17. The van der Waals surface area contributed by atoms with Gasteiger partial charge in [-0.05, 0) is 25.1 Å². The molecular weight excluding hydrogens is 322 g/mol. The van der Waals surface area contributed by atoms with Crippen LogP contribution in [0.25, 0.3) is 10.9 Å². The molecule has 116 valence electrons. The molecule has 1 aliphatic heterocycles. The molecule has 0 atom stereocenters. The van der Waals surface area contributed by atoms with E-state index in [-0.39, 0.29) is 17.0 Å². The van der Waals surface area contributed by atoms with Gasteiger partial charge in [-0.25, -0.2) is 0 Å². The summed E-state index contributed by atoms with van der Waals surface area (Å²) in [6, 6.07) is 5.10. The van der Waals surface area contributed by atoms with Gasteiger partial charge in [-0.2, -0.15) is 16.9 Å². The third kappa shape index (κ3) is 2.73. The van der Waals surface area contributed by atoms with Crippen LogP contribution < -0.4 is 5.43 Å². The molecule has 0 bridgehead atoms. The first-order valence-corrected chi connectivity index (χ1v) is 8.72. The standard InChI is InChI=1S/C15H16ClN3O2S/c1-2-19-12-4-3-10(16)9-11(12)14(20)13(17-19)15(21)18-5-7-22-8-6-18/h3-4,9H,2,5-8H2,1H3. The molecule has 0 radical (unpaired) electrons. The predicted molar refractivity (Wildman–Crippen MR) is 89.9 cm³/mol. The Bertz CT molecular complexity index is 784. The largest absolute Gasteiger partial charge is 0.335 e. The van der Waals surface area contributed by atoms with E-state index in [0.717, 1.165) is 11.5 Å². The molecule has 5 nitrogen and oxygen atoms in total. The van der Waals surface area contributed by atoms with Gasteiger partial charge in [0.05, 0.1) is 10.9 Å². The van der Waals surface area contributed by atoms with Crippen molar-refractivity contribution in [3.05, 3.63) is 39.1 Å². The number of halogens is 1. The van der Waals surface area contributed by atoms with E-state index >= 15 is 0 Å². The lowest BCUT2D eigenvalue weighted by atomic mass is 10.2. The summed E-state index contributed by atoms with van der Waals surface area (Å²) in [7, 11) is 0. The Morgan fingerprint density at radius 2 is 2.09 bits per heavy atom. The summed E-state index contributed by atoms with van der Waals surface area (Å²) < 4.78 is 1.68. The topological polar surface area (TPSA) is 55.2 Å². The van der Waals surface area contributed by atoms with Crippen molar-refractivity contribution in [1.82, 2.24) is 14.7 Å². The van der Waals surface area contributed by atoms with E-state index in [0.29, 0.717) is 35.6 Å². The molecule has 1 fully saturated rings. The van der Waals surface area contributed by atoms with Crippen LogP contribution in [-0.4, -0.2) is 45.2 Å². The van der Waals surface area contributed by atoms with Gasteiger partial charge in [0.25, 0.3) is 5.91 Å². The minimum Gasteiger partial charge on any atom is -0.335 e. The Balaban J connectivity index is 2.15. The van der Waals surface area contributed by atoms with Crippen LogP contribution in [0, 0.1) is 0 Å². The zero-order valence-corrected chi connectivity index (χ0v) is 13.8. The van der Waals surface area contributed by atoms with E-state index < -0.39 is 0 Å². The molecule has 0 unspecified atom stereocenters.